The van der Waals surface area contributed by atoms with Crippen LogP contribution >= 0.6 is 0 Å². The summed E-state index contributed by atoms with van der Waals surface area (Å²) in [5.74, 6) is -0.122. The molecule has 2 aliphatic heterocycles. The molecule has 2 aliphatic rings. The molecule has 9 heteroatoms. The molecule has 27 heavy (non-hydrogen) atoms. The highest BCUT2D eigenvalue weighted by molar-refractivity contribution is 7.90. The number of allylic oxidation sites excluding steroid dienone is 2. The minimum absolute atomic E-state index is 0.0823. The third-order valence-electron chi connectivity index (χ3n) is 4.05. The molecule has 0 unspecified atom stereocenters. The Labute approximate surface area is 155 Å². The molecule has 1 aromatic carbocycles. The van der Waals surface area contributed by atoms with Gasteiger partial charge in [0.2, 0.25) is 0 Å². The molecule has 2 aromatic rings. The number of hydrogen-bond donors (Lipinski definition) is 0. The van der Waals surface area contributed by atoms with Crippen LogP contribution in [-0.4, -0.2) is 42.6 Å². The Morgan fingerprint density at radius 2 is 2.07 bits per heavy atom. The van der Waals surface area contributed by atoms with Crippen LogP contribution < -0.4 is 0 Å². The molecule has 0 spiro atoms. The summed E-state index contributed by atoms with van der Waals surface area (Å²) in [5.41, 5.74) is 1.40. The Bertz CT molecular complexity index is 1070. The molecule has 0 saturated carbocycles. The highest BCUT2D eigenvalue weighted by Gasteiger charge is 2.30. The molecule has 8 nitrogen and oxygen atoms in total. The van der Waals surface area contributed by atoms with E-state index in [1.165, 1.54) is 6.08 Å². The molecular weight excluding hydrogens is 370 g/mol. The second-order valence-electron chi connectivity index (χ2n) is 5.94. The Balaban J connectivity index is 1.47. The van der Waals surface area contributed by atoms with Gasteiger partial charge in [-0.25, -0.2) is 13.2 Å². The third-order valence-corrected chi connectivity index (χ3v) is 5.20. The van der Waals surface area contributed by atoms with Gasteiger partial charge in [0.1, 0.15) is 17.9 Å². The highest BCUT2D eigenvalue weighted by atomic mass is 32.2. The van der Waals surface area contributed by atoms with Gasteiger partial charge in [-0.05, 0) is 12.2 Å². The zero-order valence-electron chi connectivity index (χ0n) is 14.1. The molecule has 0 fully saturated rings. The normalized spacial score (nSPS) is 17.7. The maximum absolute atomic E-state index is 12.4. The molecule has 4 rings (SSSR count). The largest absolute Gasteiger partial charge is 0.455 e. The average Bonchev–Trinajstić information content (AvgIpc) is 3.15. The molecule has 0 radical (unpaired) electrons. The van der Waals surface area contributed by atoms with Crippen molar-refractivity contribution < 1.29 is 22.5 Å². The Kier molecular flexibility index (Phi) is 4.36. The van der Waals surface area contributed by atoms with Crippen molar-refractivity contribution in [2.45, 2.75) is 6.61 Å². The topological polar surface area (TPSA) is 102 Å². The van der Waals surface area contributed by atoms with E-state index >= 15 is 0 Å². The van der Waals surface area contributed by atoms with E-state index < -0.39 is 16.0 Å². The molecule has 0 N–H and O–H groups in total. The first-order chi connectivity index (χ1) is 13.0. The van der Waals surface area contributed by atoms with Crippen LogP contribution in [0.4, 0.5) is 0 Å². The summed E-state index contributed by atoms with van der Waals surface area (Å²) in [6, 6.07) is 11.1. The van der Waals surface area contributed by atoms with Gasteiger partial charge < -0.3 is 14.2 Å². The molecule has 0 aliphatic carbocycles. The van der Waals surface area contributed by atoms with Gasteiger partial charge in [-0.15, -0.1) is 4.40 Å². The minimum atomic E-state index is -3.58. The monoisotopic (exact) mass is 385 g/mol. The van der Waals surface area contributed by atoms with Gasteiger partial charge in [-0.2, -0.15) is 0 Å². The number of carbonyl (C=O) groups is 1. The van der Waals surface area contributed by atoms with Crippen molar-refractivity contribution in [1.29, 1.82) is 0 Å². The zero-order valence-corrected chi connectivity index (χ0v) is 14.9. The molecule has 1 aromatic heterocycles. The van der Waals surface area contributed by atoms with Crippen LogP contribution in [-0.2, 0) is 26.2 Å². The summed E-state index contributed by atoms with van der Waals surface area (Å²) in [6.07, 6.45) is 4.81. The van der Waals surface area contributed by atoms with E-state index in [2.05, 4.69) is 9.55 Å². The van der Waals surface area contributed by atoms with Crippen LogP contribution in [0.25, 0.3) is 11.3 Å². The fraction of sp³-hybridized carbons (Fsp3) is 0.167. The maximum atomic E-state index is 12.4. The van der Waals surface area contributed by atoms with Crippen LogP contribution in [0.1, 0.15) is 5.69 Å². The standard InChI is InChI=1S/C18H15N3O5S/c22-18(15-7-4-8-21-9-10-27(23,24)20-17(15)21)25-12-14-11-16(26-19-14)13-5-2-1-3-6-13/h1-8,11H,9-10,12H2. The van der Waals surface area contributed by atoms with Crippen LogP contribution in [0, 0.1) is 0 Å². The lowest BCUT2D eigenvalue weighted by Crippen LogP contribution is -2.40. The van der Waals surface area contributed by atoms with Gasteiger partial charge in [-0.3, -0.25) is 0 Å². The zero-order chi connectivity index (χ0) is 18.9. The van der Waals surface area contributed by atoms with E-state index in [-0.39, 0.29) is 30.3 Å². The summed E-state index contributed by atoms with van der Waals surface area (Å²) >= 11 is 0. The number of nitrogens with zero attached hydrogens (tertiary/aromatic N) is 3. The SMILES string of the molecule is O=C(OCc1cc(-c2ccccc2)on1)C1=CC=CN2CCS(=O)(=O)N=C12. The molecule has 3 heterocycles. The van der Waals surface area contributed by atoms with Crippen molar-refractivity contribution in [3.05, 3.63) is 66.0 Å². The summed E-state index contributed by atoms with van der Waals surface area (Å²) in [4.78, 5) is 14.0. The molecule has 138 valence electrons. The van der Waals surface area contributed by atoms with Crippen molar-refractivity contribution in [2.24, 2.45) is 4.40 Å². The minimum Gasteiger partial charge on any atom is -0.455 e. The summed E-state index contributed by atoms with van der Waals surface area (Å²) in [6.45, 7) is 0.141. The molecule has 0 saturated heterocycles. The van der Waals surface area contributed by atoms with E-state index in [9.17, 15) is 13.2 Å². The van der Waals surface area contributed by atoms with Gasteiger partial charge in [0.25, 0.3) is 10.0 Å². The number of amidine groups is 1. The number of aromatic nitrogens is 1. The van der Waals surface area contributed by atoms with E-state index in [1.54, 1.807) is 23.2 Å². The van der Waals surface area contributed by atoms with Crippen molar-refractivity contribution in [3.63, 3.8) is 0 Å². The third kappa shape index (κ3) is 3.68. The molecule has 0 bridgehead atoms. The summed E-state index contributed by atoms with van der Waals surface area (Å²) in [7, 11) is -3.58. The fourth-order valence-electron chi connectivity index (χ4n) is 2.71. The second-order valence-corrected chi connectivity index (χ2v) is 7.70. The Morgan fingerprint density at radius 1 is 1.26 bits per heavy atom. The number of esters is 1. The van der Waals surface area contributed by atoms with Gasteiger partial charge in [-0.1, -0.05) is 35.5 Å². The molecule has 0 amide bonds. The molecule has 0 atom stereocenters. The lowest BCUT2D eigenvalue weighted by atomic mass is 10.1. The second kappa shape index (κ2) is 6.84. The van der Waals surface area contributed by atoms with Crippen molar-refractivity contribution in [2.75, 3.05) is 12.3 Å². The van der Waals surface area contributed by atoms with Crippen molar-refractivity contribution in [3.8, 4) is 11.3 Å². The number of hydrogen-bond acceptors (Lipinski definition) is 7. The van der Waals surface area contributed by atoms with E-state index in [1.807, 2.05) is 30.3 Å². The fourth-order valence-corrected chi connectivity index (χ4v) is 3.70. The van der Waals surface area contributed by atoms with Gasteiger partial charge in [0, 0.05) is 24.4 Å². The number of rotatable bonds is 4. The predicted molar refractivity (Wildman–Crippen MR) is 96.9 cm³/mol. The first-order valence-electron chi connectivity index (χ1n) is 8.18. The van der Waals surface area contributed by atoms with Crippen molar-refractivity contribution in [1.82, 2.24) is 10.1 Å². The van der Waals surface area contributed by atoms with Gasteiger partial charge in [0.15, 0.2) is 11.6 Å². The van der Waals surface area contributed by atoms with E-state index in [0.29, 0.717) is 11.5 Å². The first-order valence-corrected chi connectivity index (χ1v) is 9.79. The Hall–Kier alpha value is -3.20. The first kappa shape index (κ1) is 17.2. The van der Waals surface area contributed by atoms with E-state index in [0.717, 1.165) is 5.56 Å². The number of ether oxygens (including phenoxy) is 1. The number of sulfonamides is 1. The maximum Gasteiger partial charge on any atom is 0.342 e. The quantitative estimate of drug-likeness (QED) is 0.741. The van der Waals surface area contributed by atoms with Crippen LogP contribution in [0.3, 0.4) is 0 Å². The van der Waals surface area contributed by atoms with Crippen LogP contribution in [0.15, 0.2) is 69.2 Å². The number of carbonyl (C=O) groups excluding carboxylic acids is 1. The van der Waals surface area contributed by atoms with Gasteiger partial charge in [0.05, 0.1) is 5.75 Å². The lowest BCUT2D eigenvalue weighted by Gasteiger charge is -2.28. The Morgan fingerprint density at radius 3 is 2.89 bits per heavy atom. The highest BCUT2D eigenvalue weighted by Crippen LogP contribution is 2.21. The smallest absolute Gasteiger partial charge is 0.342 e. The average molecular weight is 385 g/mol. The van der Waals surface area contributed by atoms with Crippen molar-refractivity contribution >= 4 is 21.8 Å². The van der Waals surface area contributed by atoms with Crippen LogP contribution in [0.2, 0.25) is 0 Å². The summed E-state index contributed by atoms with van der Waals surface area (Å²) < 4.78 is 37.7. The van der Waals surface area contributed by atoms with Gasteiger partial charge >= 0.3 is 5.97 Å². The lowest BCUT2D eigenvalue weighted by molar-refractivity contribution is -0.139. The predicted octanol–water partition coefficient (Wildman–Crippen LogP) is 1.88. The number of benzene rings is 1. The van der Waals surface area contributed by atoms with Crippen LogP contribution in [0.5, 0.6) is 0 Å². The van der Waals surface area contributed by atoms with E-state index in [4.69, 9.17) is 9.26 Å². The molecular formula is C18H15N3O5S. The number of fused-ring (bicyclic) bond motifs is 1. The summed E-state index contributed by atoms with van der Waals surface area (Å²) in [5, 5.41) is 3.89.